The first-order valence-corrected chi connectivity index (χ1v) is 10.7. The van der Waals surface area contributed by atoms with E-state index >= 15 is 0 Å². The van der Waals surface area contributed by atoms with Crippen LogP contribution < -0.4 is 10.1 Å². The Balaban J connectivity index is 1.33. The third-order valence-corrected chi connectivity index (χ3v) is 5.32. The fourth-order valence-electron chi connectivity index (χ4n) is 3.47. The van der Waals surface area contributed by atoms with Crippen LogP contribution in [-0.2, 0) is 14.3 Å². The Bertz CT molecular complexity index is 1200. The Morgan fingerprint density at radius 2 is 1.29 bits per heavy atom. The van der Waals surface area contributed by atoms with Crippen molar-refractivity contribution in [1.29, 1.82) is 0 Å². The molecule has 0 saturated carbocycles. The van der Waals surface area contributed by atoms with Gasteiger partial charge in [0.05, 0.1) is 11.1 Å². The Kier molecular flexibility index (Phi) is 6.40. The zero-order valence-corrected chi connectivity index (χ0v) is 18.6. The molecular formula is C26H22N2O6. The predicted molar refractivity (Wildman–Crippen MR) is 124 cm³/mol. The maximum Gasteiger partial charge on any atom is 0.329 e. The van der Waals surface area contributed by atoms with Crippen LogP contribution in [0.15, 0.2) is 78.9 Å². The first-order chi connectivity index (χ1) is 16.3. The van der Waals surface area contributed by atoms with Gasteiger partial charge in [0.15, 0.2) is 6.10 Å². The molecule has 8 heteroatoms. The standard InChI is InChI=1S/C26H22N2O6/c1-16(28-24(30)21-10-6-7-11-22(21)25(28)31)26(32)33-17(2)23(29)27-18-12-14-20(15-13-18)34-19-8-4-3-5-9-19/h3-17H,1-2H3,(H,27,29)/t16-,17+/m1/s1. The van der Waals surface area contributed by atoms with E-state index in [0.717, 1.165) is 4.90 Å². The number of esters is 1. The summed E-state index contributed by atoms with van der Waals surface area (Å²) < 4.78 is 10.9. The number of nitrogens with one attached hydrogen (secondary N) is 1. The zero-order valence-electron chi connectivity index (χ0n) is 18.6. The number of hydrogen-bond acceptors (Lipinski definition) is 6. The van der Waals surface area contributed by atoms with E-state index < -0.39 is 35.8 Å². The molecule has 172 valence electrons. The maximum atomic E-state index is 12.6. The van der Waals surface area contributed by atoms with Crippen molar-refractivity contribution in [2.75, 3.05) is 5.32 Å². The molecule has 3 amide bonds. The fraction of sp³-hybridized carbons (Fsp3) is 0.154. The second kappa shape index (κ2) is 9.58. The molecule has 2 atom stereocenters. The second-order valence-electron chi connectivity index (χ2n) is 7.71. The largest absolute Gasteiger partial charge is 0.457 e. The molecule has 4 rings (SSSR count). The lowest BCUT2D eigenvalue weighted by molar-refractivity contribution is -0.156. The minimum Gasteiger partial charge on any atom is -0.457 e. The lowest BCUT2D eigenvalue weighted by Gasteiger charge is -2.22. The number of anilines is 1. The van der Waals surface area contributed by atoms with Crippen LogP contribution in [0.25, 0.3) is 0 Å². The molecule has 0 fully saturated rings. The van der Waals surface area contributed by atoms with Gasteiger partial charge >= 0.3 is 5.97 Å². The second-order valence-corrected chi connectivity index (χ2v) is 7.71. The Morgan fingerprint density at radius 3 is 1.88 bits per heavy atom. The van der Waals surface area contributed by atoms with Crippen LogP contribution in [0, 0.1) is 0 Å². The molecule has 1 aliphatic heterocycles. The highest BCUT2D eigenvalue weighted by molar-refractivity contribution is 6.22. The number of ether oxygens (including phenoxy) is 2. The molecule has 0 radical (unpaired) electrons. The predicted octanol–water partition coefficient (Wildman–Crippen LogP) is 4.03. The molecule has 0 saturated heterocycles. The molecule has 0 aliphatic carbocycles. The number of amides is 3. The van der Waals surface area contributed by atoms with Gasteiger partial charge in [-0.2, -0.15) is 0 Å². The average molecular weight is 458 g/mol. The van der Waals surface area contributed by atoms with Crippen LogP contribution in [-0.4, -0.2) is 40.7 Å². The fourth-order valence-corrected chi connectivity index (χ4v) is 3.47. The number of hydrogen-bond donors (Lipinski definition) is 1. The lowest BCUT2D eigenvalue weighted by atomic mass is 10.1. The summed E-state index contributed by atoms with van der Waals surface area (Å²) >= 11 is 0. The van der Waals surface area contributed by atoms with Gasteiger partial charge in [-0.05, 0) is 62.4 Å². The number of nitrogens with zero attached hydrogens (tertiary/aromatic N) is 1. The van der Waals surface area contributed by atoms with Crippen LogP contribution in [0.4, 0.5) is 5.69 Å². The molecular weight excluding hydrogens is 436 g/mol. The van der Waals surface area contributed by atoms with Gasteiger partial charge in [0.2, 0.25) is 0 Å². The number of rotatable bonds is 7. The Hall–Kier alpha value is -4.46. The minimum atomic E-state index is -1.18. The summed E-state index contributed by atoms with van der Waals surface area (Å²) in [5, 5.41) is 2.66. The van der Waals surface area contributed by atoms with Gasteiger partial charge in [-0.1, -0.05) is 30.3 Å². The van der Waals surface area contributed by atoms with E-state index in [4.69, 9.17) is 9.47 Å². The van der Waals surface area contributed by atoms with Crippen molar-refractivity contribution < 1.29 is 28.7 Å². The monoisotopic (exact) mass is 458 g/mol. The third-order valence-electron chi connectivity index (χ3n) is 5.32. The van der Waals surface area contributed by atoms with Crippen LogP contribution >= 0.6 is 0 Å². The first kappa shape index (κ1) is 22.7. The van der Waals surface area contributed by atoms with Crippen LogP contribution in [0.1, 0.15) is 34.6 Å². The molecule has 3 aromatic carbocycles. The Labute approximate surface area is 196 Å². The normalized spacial score (nSPS) is 14.2. The van der Waals surface area contributed by atoms with E-state index in [0.29, 0.717) is 17.2 Å². The lowest BCUT2D eigenvalue weighted by Crippen LogP contribution is -2.45. The van der Waals surface area contributed by atoms with E-state index in [1.165, 1.54) is 26.0 Å². The summed E-state index contributed by atoms with van der Waals surface area (Å²) in [6, 6.07) is 21.1. The highest BCUT2D eigenvalue weighted by Gasteiger charge is 2.41. The van der Waals surface area contributed by atoms with Crippen molar-refractivity contribution in [2.45, 2.75) is 26.0 Å². The van der Waals surface area contributed by atoms with Crippen molar-refractivity contribution in [1.82, 2.24) is 4.90 Å². The topological polar surface area (TPSA) is 102 Å². The molecule has 34 heavy (non-hydrogen) atoms. The van der Waals surface area contributed by atoms with Crippen molar-refractivity contribution in [3.8, 4) is 11.5 Å². The minimum absolute atomic E-state index is 0.234. The molecule has 1 heterocycles. The number of imide groups is 1. The number of para-hydroxylation sites is 1. The highest BCUT2D eigenvalue weighted by Crippen LogP contribution is 2.25. The number of fused-ring (bicyclic) bond motifs is 1. The van der Waals surface area contributed by atoms with Crippen molar-refractivity contribution in [2.24, 2.45) is 0 Å². The van der Waals surface area contributed by atoms with Crippen molar-refractivity contribution in [3.63, 3.8) is 0 Å². The van der Waals surface area contributed by atoms with Crippen LogP contribution in [0.5, 0.6) is 11.5 Å². The van der Waals surface area contributed by atoms with Gasteiger partial charge < -0.3 is 14.8 Å². The molecule has 1 aliphatic rings. The molecule has 8 nitrogen and oxygen atoms in total. The van der Waals surface area contributed by atoms with Gasteiger partial charge in [-0.3, -0.25) is 19.3 Å². The molecule has 3 aromatic rings. The molecule has 0 spiro atoms. The van der Waals surface area contributed by atoms with E-state index in [1.54, 1.807) is 36.4 Å². The molecule has 0 aromatic heterocycles. The quantitative estimate of drug-likeness (QED) is 0.424. The smallest absolute Gasteiger partial charge is 0.329 e. The van der Waals surface area contributed by atoms with Gasteiger partial charge in [-0.15, -0.1) is 0 Å². The molecule has 1 N–H and O–H groups in total. The van der Waals surface area contributed by atoms with E-state index in [1.807, 2.05) is 30.3 Å². The van der Waals surface area contributed by atoms with Crippen LogP contribution in [0.2, 0.25) is 0 Å². The summed E-state index contributed by atoms with van der Waals surface area (Å²) in [4.78, 5) is 51.1. The van der Waals surface area contributed by atoms with E-state index in [-0.39, 0.29) is 11.1 Å². The number of carbonyl (C=O) groups is 4. The SMILES string of the molecule is C[C@H](OC(=O)[C@@H](C)N1C(=O)c2ccccc2C1=O)C(=O)Nc1ccc(Oc2ccccc2)cc1. The summed E-state index contributed by atoms with van der Waals surface area (Å²) in [7, 11) is 0. The molecule has 0 unspecified atom stereocenters. The van der Waals surface area contributed by atoms with Gasteiger partial charge in [0.1, 0.15) is 17.5 Å². The van der Waals surface area contributed by atoms with E-state index in [2.05, 4.69) is 5.32 Å². The summed E-state index contributed by atoms with van der Waals surface area (Å²) in [6.07, 6.45) is -1.15. The van der Waals surface area contributed by atoms with Gasteiger partial charge in [0, 0.05) is 5.69 Å². The Morgan fingerprint density at radius 1 is 0.765 bits per heavy atom. The third kappa shape index (κ3) is 4.66. The summed E-state index contributed by atoms with van der Waals surface area (Å²) in [5.41, 5.74) is 0.956. The highest BCUT2D eigenvalue weighted by atomic mass is 16.5. The molecule has 0 bridgehead atoms. The summed E-state index contributed by atoms with van der Waals surface area (Å²) in [5.74, 6) is -1.27. The van der Waals surface area contributed by atoms with Crippen molar-refractivity contribution in [3.05, 3.63) is 90.0 Å². The van der Waals surface area contributed by atoms with Gasteiger partial charge in [0.25, 0.3) is 17.7 Å². The summed E-state index contributed by atoms with van der Waals surface area (Å²) in [6.45, 7) is 2.80. The van der Waals surface area contributed by atoms with Crippen LogP contribution in [0.3, 0.4) is 0 Å². The first-order valence-electron chi connectivity index (χ1n) is 10.7. The van der Waals surface area contributed by atoms with E-state index in [9.17, 15) is 19.2 Å². The maximum absolute atomic E-state index is 12.6. The number of benzene rings is 3. The average Bonchev–Trinajstić information content (AvgIpc) is 3.10. The number of carbonyl (C=O) groups excluding carboxylic acids is 4. The zero-order chi connectivity index (χ0) is 24.2. The van der Waals surface area contributed by atoms with Gasteiger partial charge in [-0.25, -0.2) is 4.79 Å². The van der Waals surface area contributed by atoms with Crippen molar-refractivity contribution >= 4 is 29.4 Å².